The Morgan fingerprint density at radius 2 is 2.33 bits per heavy atom. The molecule has 1 fully saturated rings. The molecule has 0 aliphatic carbocycles. The van der Waals surface area contributed by atoms with Crippen molar-refractivity contribution in [2.24, 2.45) is 11.7 Å². The molecule has 0 spiro atoms. The zero-order valence-electron chi connectivity index (χ0n) is 10.9. The predicted octanol–water partition coefficient (Wildman–Crippen LogP) is 2.09. The highest BCUT2D eigenvalue weighted by Crippen LogP contribution is 2.34. The summed E-state index contributed by atoms with van der Waals surface area (Å²) < 4.78 is 5.51. The molecule has 1 saturated heterocycles. The molecule has 1 aliphatic heterocycles. The van der Waals surface area contributed by atoms with Crippen molar-refractivity contribution >= 4 is 11.1 Å². The van der Waals surface area contributed by atoms with Crippen molar-refractivity contribution < 1.29 is 4.42 Å². The molecule has 4 nitrogen and oxygen atoms in total. The number of rotatable bonds is 2. The first kappa shape index (κ1) is 11.7. The van der Waals surface area contributed by atoms with Crippen molar-refractivity contribution in [3.63, 3.8) is 0 Å². The van der Waals surface area contributed by atoms with Crippen molar-refractivity contribution in [3.05, 3.63) is 29.7 Å². The van der Waals surface area contributed by atoms with E-state index in [0.717, 1.165) is 36.5 Å². The van der Waals surface area contributed by atoms with Crippen molar-refractivity contribution in [1.29, 1.82) is 0 Å². The van der Waals surface area contributed by atoms with Gasteiger partial charge in [0, 0.05) is 19.5 Å². The largest absolute Gasteiger partial charge is 0.441 e. The SMILES string of the molecule is Cc1nc2cc(C3CC(CN)CN3C)ccc2o1. The summed E-state index contributed by atoms with van der Waals surface area (Å²) in [6.45, 7) is 3.73. The summed E-state index contributed by atoms with van der Waals surface area (Å²) in [7, 11) is 2.17. The number of likely N-dealkylation sites (tertiary alicyclic amines) is 1. The van der Waals surface area contributed by atoms with Gasteiger partial charge in [0.1, 0.15) is 5.52 Å². The monoisotopic (exact) mass is 245 g/mol. The van der Waals surface area contributed by atoms with Crippen LogP contribution in [-0.4, -0.2) is 30.0 Å². The number of nitrogens with two attached hydrogens (primary N) is 1. The van der Waals surface area contributed by atoms with Crippen LogP contribution in [0.5, 0.6) is 0 Å². The molecule has 1 aromatic heterocycles. The third-order valence-electron chi connectivity index (χ3n) is 3.87. The van der Waals surface area contributed by atoms with Crippen LogP contribution in [0.3, 0.4) is 0 Å². The van der Waals surface area contributed by atoms with Crippen LogP contribution < -0.4 is 5.73 Å². The maximum Gasteiger partial charge on any atom is 0.192 e. The third-order valence-corrected chi connectivity index (χ3v) is 3.87. The molecule has 0 radical (unpaired) electrons. The second-order valence-corrected chi connectivity index (χ2v) is 5.25. The van der Waals surface area contributed by atoms with Gasteiger partial charge < -0.3 is 10.2 Å². The van der Waals surface area contributed by atoms with Gasteiger partial charge in [-0.15, -0.1) is 0 Å². The number of benzene rings is 1. The summed E-state index contributed by atoms with van der Waals surface area (Å²) in [5, 5.41) is 0. The number of fused-ring (bicyclic) bond motifs is 1. The molecule has 0 bridgehead atoms. The Bertz CT molecular complexity index is 563. The lowest BCUT2D eigenvalue weighted by molar-refractivity contribution is 0.314. The third kappa shape index (κ3) is 1.91. The molecule has 3 rings (SSSR count). The minimum absolute atomic E-state index is 0.458. The average molecular weight is 245 g/mol. The van der Waals surface area contributed by atoms with Gasteiger partial charge in [-0.25, -0.2) is 4.98 Å². The van der Waals surface area contributed by atoms with Gasteiger partial charge in [0.15, 0.2) is 11.5 Å². The van der Waals surface area contributed by atoms with Crippen LogP contribution in [0, 0.1) is 12.8 Å². The normalized spacial score (nSPS) is 25.1. The predicted molar refractivity (Wildman–Crippen MR) is 71.3 cm³/mol. The van der Waals surface area contributed by atoms with E-state index in [0.29, 0.717) is 12.0 Å². The molecular weight excluding hydrogens is 226 g/mol. The van der Waals surface area contributed by atoms with Gasteiger partial charge in [0.2, 0.25) is 0 Å². The summed E-state index contributed by atoms with van der Waals surface area (Å²) >= 11 is 0. The zero-order valence-corrected chi connectivity index (χ0v) is 10.9. The Morgan fingerprint density at radius 1 is 1.50 bits per heavy atom. The Morgan fingerprint density at radius 3 is 3.06 bits per heavy atom. The van der Waals surface area contributed by atoms with Crippen LogP contribution in [0.15, 0.2) is 22.6 Å². The van der Waals surface area contributed by atoms with Gasteiger partial charge in [-0.1, -0.05) is 6.07 Å². The highest BCUT2D eigenvalue weighted by molar-refractivity contribution is 5.73. The number of hydrogen-bond acceptors (Lipinski definition) is 4. The van der Waals surface area contributed by atoms with Crippen LogP contribution >= 0.6 is 0 Å². The topological polar surface area (TPSA) is 55.3 Å². The van der Waals surface area contributed by atoms with Crippen molar-refractivity contribution in [1.82, 2.24) is 9.88 Å². The number of nitrogens with zero attached hydrogens (tertiary/aromatic N) is 2. The minimum Gasteiger partial charge on any atom is -0.441 e. The minimum atomic E-state index is 0.458. The average Bonchev–Trinajstić information content (AvgIpc) is 2.89. The lowest BCUT2D eigenvalue weighted by Gasteiger charge is -2.19. The number of hydrogen-bond donors (Lipinski definition) is 1. The Kier molecular flexibility index (Phi) is 2.84. The summed E-state index contributed by atoms with van der Waals surface area (Å²) in [6, 6.07) is 6.77. The van der Waals surface area contributed by atoms with Crippen LogP contribution in [0.2, 0.25) is 0 Å². The molecule has 2 heterocycles. The highest BCUT2D eigenvalue weighted by atomic mass is 16.3. The molecule has 4 heteroatoms. The smallest absolute Gasteiger partial charge is 0.192 e. The first-order chi connectivity index (χ1) is 8.67. The quantitative estimate of drug-likeness (QED) is 0.880. The van der Waals surface area contributed by atoms with E-state index < -0.39 is 0 Å². The maximum absolute atomic E-state index is 5.78. The standard InChI is InChI=1S/C14H19N3O/c1-9-16-12-6-11(3-4-14(12)18-9)13-5-10(7-15)8-17(13)2/h3-4,6,10,13H,5,7-8,15H2,1-2H3. The van der Waals surface area contributed by atoms with Crippen molar-refractivity contribution in [3.8, 4) is 0 Å². The van der Waals surface area contributed by atoms with E-state index in [1.54, 1.807) is 0 Å². The van der Waals surface area contributed by atoms with Crippen molar-refractivity contribution in [2.45, 2.75) is 19.4 Å². The lowest BCUT2D eigenvalue weighted by Crippen LogP contribution is -2.20. The fraction of sp³-hybridized carbons (Fsp3) is 0.500. The number of oxazole rings is 1. The van der Waals surface area contributed by atoms with Crippen molar-refractivity contribution in [2.75, 3.05) is 20.1 Å². The van der Waals surface area contributed by atoms with E-state index in [1.165, 1.54) is 5.56 Å². The summed E-state index contributed by atoms with van der Waals surface area (Å²) in [5.41, 5.74) is 8.91. The molecular formula is C14H19N3O. The van der Waals surface area contributed by atoms with Gasteiger partial charge in [-0.2, -0.15) is 0 Å². The molecule has 2 unspecified atom stereocenters. The van der Waals surface area contributed by atoms with Crippen LogP contribution in [0.25, 0.3) is 11.1 Å². The Labute approximate surface area is 107 Å². The van der Waals surface area contributed by atoms with Crippen LogP contribution in [-0.2, 0) is 0 Å². The first-order valence-electron chi connectivity index (χ1n) is 6.45. The molecule has 1 aliphatic rings. The Hall–Kier alpha value is -1.39. The highest BCUT2D eigenvalue weighted by Gasteiger charge is 2.29. The molecule has 2 atom stereocenters. The van der Waals surface area contributed by atoms with E-state index >= 15 is 0 Å². The molecule has 0 saturated carbocycles. The van der Waals surface area contributed by atoms with E-state index in [9.17, 15) is 0 Å². The maximum atomic E-state index is 5.78. The molecule has 1 aromatic carbocycles. The molecule has 2 N–H and O–H groups in total. The molecule has 0 amide bonds. The fourth-order valence-electron chi connectivity index (χ4n) is 2.93. The second kappa shape index (κ2) is 4.37. The zero-order chi connectivity index (χ0) is 12.7. The number of aryl methyl sites for hydroxylation is 1. The van der Waals surface area contributed by atoms with Gasteiger partial charge in [-0.05, 0) is 43.6 Å². The Balaban J connectivity index is 1.94. The lowest BCUT2D eigenvalue weighted by atomic mass is 10.00. The second-order valence-electron chi connectivity index (χ2n) is 5.25. The summed E-state index contributed by atoms with van der Waals surface area (Å²) in [4.78, 5) is 6.78. The number of aromatic nitrogens is 1. The molecule has 2 aromatic rings. The van der Waals surface area contributed by atoms with Crippen LogP contribution in [0.4, 0.5) is 0 Å². The molecule has 96 valence electrons. The van der Waals surface area contributed by atoms with Gasteiger partial charge in [-0.3, -0.25) is 4.90 Å². The van der Waals surface area contributed by atoms with E-state index in [4.69, 9.17) is 10.2 Å². The molecule has 18 heavy (non-hydrogen) atoms. The van der Waals surface area contributed by atoms with E-state index in [1.807, 2.05) is 13.0 Å². The van der Waals surface area contributed by atoms with Crippen LogP contribution in [0.1, 0.15) is 23.9 Å². The van der Waals surface area contributed by atoms with Gasteiger partial charge in [0.05, 0.1) is 0 Å². The summed E-state index contributed by atoms with van der Waals surface area (Å²) in [5.74, 6) is 1.33. The summed E-state index contributed by atoms with van der Waals surface area (Å²) in [6.07, 6.45) is 1.13. The van der Waals surface area contributed by atoms with E-state index in [-0.39, 0.29) is 0 Å². The van der Waals surface area contributed by atoms with Gasteiger partial charge >= 0.3 is 0 Å². The van der Waals surface area contributed by atoms with Gasteiger partial charge in [0.25, 0.3) is 0 Å². The van der Waals surface area contributed by atoms with E-state index in [2.05, 4.69) is 29.1 Å². The fourth-order valence-corrected chi connectivity index (χ4v) is 2.93. The first-order valence-corrected chi connectivity index (χ1v) is 6.45.